The number of hydrogen-bond acceptors (Lipinski definition) is 11. The number of aliphatic hydroxyl groups is 2. The number of aromatic hydroxyl groups is 1. The second-order valence-electron chi connectivity index (χ2n) is 10.8. The van der Waals surface area contributed by atoms with Gasteiger partial charge in [0.2, 0.25) is 5.91 Å². The second kappa shape index (κ2) is 11.6. The monoisotopic (exact) mass is 557 g/mol. The second-order valence-corrected chi connectivity index (χ2v) is 10.8. The molecule has 3 aromatic rings. The standard InChI is InChI=1S/C26H35N7O7/c1-26(2,3)40-25(38)30-16(10-14-6-8-15(35)9-7-14)23(37)31-18-17(11-34)39-24(20(18)36)33-13-29-19-21(32(4)5)27-12-28-22(19)33/h6-9,12-13,16-18,20,24,34-36H,10-11H2,1-5H3,(H,30,38)(H,31,37)/t16?,17?,18?,20-,24?/m1/s1. The van der Waals surface area contributed by atoms with E-state index in [9.17, 15) is 24.9 Å². The van der Waals surface area contributed by atoms with E-state index in [1.54, 1.807) is 37.8 Å². The normalized spacial score (nSPS) is 21.7. The van der Waals surface area contributed by atoms with Crippen molar-refractivity contribution in [2.45, 2.75) is 63.3 Å². The molecule has 14 heteroatoms. The number of benzene rings is 1. The zero-order chi connectivity index (χ0) is 29.2. The zero-order valence-electron chi connectivity index (χ0n) is 23.0. The van der Waals surface area contributed by atoms with Crippen LogP contribution in [0.4, 0.5) is 10.6 Å². The van der Waals surface area contributed by atoms with Gasteiger partial charge in [-0.15, -0.1) is 0 Å². The van der Waals surface area contributed by atoms with Crippen LogP contribution in [0.5, 0.6) is 5.75 Å². The fourth-order valence-electron chi connectivity index (χ4n) is 4.45. The molecule has 40 heavy (non-hydrogen) atoms. The molecule has 5 N–H and O–H groups in total. The number of phenolic OH excluding ortho intramolecular Hbond substituents is 1. The quantitative estimate of drug-likeness (QED) is 0.259. The van der Waals surface area contributed by atoms with E-state index in [-0.39, 0.29) is 12.2 Å². The van der Waals surface area contributed by atoms with Gasteiger partial charge in [0.15, 0.2) is 23.2 Å². The third-order valence-corrected chi connectivity index (χ3v) is 6.28. The van der Waals surface area contributed by atoms with Crippen molar-refractivity contribution in [2.24, 2.45) is 0 Å². The average molecular weight is 558 g/mol. The topological polar surface area (TPSA) is 184 Å². The molecule has 0 spiro atoms. The number of aromatic nitrogens is 4. The van der Waals surface area contributed by atoms with Crippen LogP contribution in [0.15, 0.2) is 36.9 Å². The Labute approximate surface area is 231 Å². The number of rotatable bonds is 8. The molecular formula is C26H35N7O7. The number of aliphatic hydroxyl groups excluding tert-OH is 2. The van der Waals surface area contributed by atoms with Gasteiger partial charge in [0, 0.05) is 20.5 Å². The van der Waals surface area contributed by atoms with Crippen LogP contribution in [0.25, 0.3) is 11.2 Å². The van der Waals surface area contributed by atoms with Crippen molar-refractivity contribution in [3.8, 4) is 5.75 Å². The Hall–Kier alpha value is -4.01. The van der Waals surface area contributed by atoms with Crippen LogP contribution in [-0.4, -0.2) is 97.4 Å². The summed E-state index contributed by atoms with van der Waals surface area (Å²) < 4.78 is 12.8. The lowest BCUT2D eigenvalue weighted by Crippen LogP contribution is -2.56. The predicted octanol–water partition coefficient (Wildman–Crippen LogP) is 0.469. The summed E-state index contributed by atoms with van der Waals surface area (Å²) in [7, 11) is 3.63. The molecule has 14 nitrogen and oxygen atoms in total. The lowest BCUT2D eigenvalue weighted by atomic mass is 10.0. The molecule has 1 aromatic carbocycles. The Morgan fingerprint density at radius 2 is 1.88 bits per heavy atom. The van der Waals surface area contributed by atoms with Gasteiger partial charge in [0.25, 0.3) is 0 Å². The highest BCUT2D eigenvalue weighted by Gasteiger charge is 2.46. The summed E-state index contributed by atoms with van der Waals surface area (Å²) in [4.78, 5) is 40.7. The molecule has 3 heterocycles. The molecule has 1 fully saturated rings. The van der Waals surface area contributed by atoms with Crippen LogP contribution < -0.4 is 15.5 Å². The average Bonchev–Trinajstić information content (AvgIpc) is 3.44. The largest absolute Gasteiger partial charge is 0.508 e. The van der Waals surface area contributed by atoms with Crippen LogP contribution in [-0.2, 0) is 20.7 Å². The molecular weight excluding hydrogens is 522 g/mol. The van der Waals surface area contributed by atoms with E-state index in [1.165, 1.54) is 29.4 Å². The number of hydrogen-bond donors (Lipinski definition) is 5. The fraction of sp³-hybridized carbons (Fsp3) is 0.500. The van der Waals surface area contributed by atoms with Gasteiger partial charge in [0.1, 0.15) is 35.9 Å². The Balaban J connectivity index is 1.56. The summed E-state index contributed by atoms with van der Waals surface area (Å²) in [5.41, 5.74) is 0.767. The number of nitrogens with zero attached hydrogens (tertiary/aromatic N) is 5. The number of nitrogens with one attached hydrogen (secondary N) is 2. The highest BCUT2D eigenvalue weighted by molar-refractivity contribution is 5.86. The van der Waals surface area contributed by atoms with E-state index in [4.69, 9.17) is 9.47 Å². The molecule has 2 amide bonds. The molecule has 5 atom stereocenters. The van der Waals surface area contributed by atoms with Crippen molar-refractivity contribution >= 4 is 29.0 Å². The van der Waals surface area contributed by atoms with Crippen molar-refractivity contribution in [2.75, 3.05) is 25.6 Å². The fourth-order valence-corrected chi connectivity index (χ4v) is 4.45. The third-order valence-electron chi connectivity index (χ3n) is 6.28. The molecule has 2 aromatic heterocycles. The molecule has 4 rings (SSSR count). The third kappa shape index (κ3) is 6.41. The minimum absolute atomic E-state index is 0.0582. The lowest BCUT2D eigenvalue weighted by Gasteiger charge is -2.26. The first kappa shape index (κ1) is 29.0. The number of phenols is 1. The Morgan fingerprint density at radius 3 is 2.50 bits per heavy atom. The van der Waals surface area contributed by atoms with Crippen LogP contribution in [0, 0.1) is 0 Å². The van der Waals surface area contributed by atoms with Crippen molar-refractivity contribution < 1.29 is 34.4 Å². The SMILES string of the molecule is CN(C)c1ncnc2c1ncn2C1OC(CO)C(NC(=O)C(Cc2ccc(O)cc2)NC(=O)OC(C)(C)C)[C@H]1O. The highest BCUT2D eigenvalue weighted by Crippen LogP contribution is 2.32. The Bertz CT molecular complexity index is 1340. The van der Waals surface area contributed by atoms with Crippen LogP contribution in [0.3, 0.4) is 0 Å². The van der Waals surface area contributed by atoms with Crippen LogP contribution in [0.2, 0.25) is 0 Å². The van der Waals surface area contributed by atoms with Gasteiger partial charge in [-0.2, -0.15) is 0 Å². The summed E-state index contributed by atoms with van der Waals surface area (Å²) in [6, 6.07) is 4.06. The van der Waals surface area contributed by atoms with E-state index >= 15 is 0 Å². The van der Waals surface area contributed by atoms with Gasteiger partial charge < -0.3 is 40.3 Å². The summed E-state index contributed by atoms with van der Waals surface area (Å²) in [6.07, 6.45) is -1.19. The maximum atomic E-state index is 13.5. The van der Waals surface area contributed by atoms with Crippen LogP contribution >= 0.6 is 0 Å². The molecule has 216 valence electrons. The maximum Gasteiger partial charge on any atom is 0.408 e. The van der Waals surface area contributed by atoms with Gasteiger partial charge in [0.05, 0.1) is 19.0 Å². The summed E-state index contributed by atoms with van der Waals surface area (Å²) in [6.45, 7) is 4.61. The van der Waals surface area contributed by atoms with Gasteiger partial charge >= 0.3 is 6.09 Å². The molecule has 0 aliphatic carbocycles. The number of imidazole rings is 1. The molecule has 0 bridgehead atoms. The van der Waals surface area contributed by atoms with Gasteiger partial charge in [-0.05, 0) is 38.5 Å². The van der Waals surface area contributed by atoms with Crippen molar-refractivity contribution in [3.05, 3.63) is 42.5 Å². The van der Waals surface area contributed by atoms with Gasteiger partial charge in [-0.3, -0.25) is 9.36 Å². The number of ether oxygens (including phenoxy) is 2. The number of anilines is 1. The summed E-state index contributed by atoms with van der Waals surface area (Å²) in [5, 5.41) is 36.2. The van der Waals surface area contributed by atoms with E-state index in [1.807, 2.05) is 14.1 Å². The summed E-state index contributed by atoms with van der Waals surface area (Å²) >= 11 is 0. The van der Waals surface area contributed by atoms with Crippen molar-refractivity contribution in [1.82, 2.24) is 30.2 Å². The lowest BCUT2D eigenvalue weighted by molar-refractivity contribution is -0.125. The minimum atomic E-state index is -1.30. The Morgan fingerprint density at radius 1 is 1.18 bits per heavy atom. The molecule has 1 saturated heterocycles. The Kier molecular flexibility index (Phi) is 8.42. The summed E-state index contributed by atoms with van der Waals surface area (Å²) in [5.74, 6) is 0.00591. The van der Waals surface area contributed by atoms with E-state index in [0.717, 1.165) is 0 Å². The number of amides is 2. The maximum absolute atomic E-state index is 13.5. The molecule has 1 aliphatic heterocycles. The molecule has 1 aliphatic rings. The molecule has 0 saturated carbocycles. The number of alkyl carbamates (subject to hydrolysis) is 1. The highest BCUT2D eigenvalue weighted by atomic mass is 16.6. The van der Waals surface area contributed by atoms with Gasteiger partial charge in [-0.25, -0.2) is 19.7 Å². The van der Waals surface area contributed by atoms with E-state index in [2.05, 4.69) is 25.6 Å². The van der Waals surface area contributed by atoms with Crippen molar-refractivity contribution in [3.63, 3.8) is 0 Å². The smallest absolute Gasteiger partial charge is 0.408 e. The first-order valence-electron chi connectivity index (χ1n) is 12.7. The molecule has 4 unspecified atom stereocenters. The van der Waals surface area contributed by atoms with E-state index < -0.39 is 54.7 Å². The zero-order valence-corrected chi connectivity index (χ0v) is 23.0. The number of carbonyl (C=O) groups is 2. The van der Waals surface area contributed by atoms with E-state index in [0.29, 0.717) is 22.5 Å². The first-order valence-corrected chi connectivity index (χ1v) is 12.7. The van der Waals surface area contributed by atoms with Gasteiger partial charge in [-0.1, -0.05) is 12.1 Å². The number of fused-ring (bicyclic) bond motifs is 1. The predicted molar refractivity (Wildman–Crippen MR) is 144 cm³/mol. The van der Waals surface area contributed by atoms with Crippen molar-refractivity contribution in [1.29, 1.82) is 0 Å². The molecule has 0 radical (unpaired) electrons. The first-order chi connectivity index (χ1) is 18.9. The number of carbonyl (C=O) groups excluding carboxylic acids is 2. The minimum Gasteiger partial charge on any atom is -0.508 e. The van der Waals surface area contributed by atoms with Crippen LogP contribution in [0.1, 0.15) is 32.6 Å².